The van der Waals surface area contributed by atoms with Gasteiger partial charge in [0.2, 0.25) is 0 Å². The monoisotopic (exact) mass is 481 g/mol. The first-order chi connectivity index (χ1) is 17.1. The lowest BCUT2D eigenvalue weighted by Gasteiger charge is -2.36. The van der Waals surface area contributed by atoms with Gasteiger partial charge < -0.3 is 10.1 Å². The van der Waals surface area contributed by atoms with Crippen LogP contribution in [0.15, 0.2) is 121 Å². The van der Waals surface area contributed by atoms with E-state index in [0.29, 0.717) is 5.75 Å². The van der Waals surface area contributed by atoms with Crippen LogP contribution in [-0.4, -0.2) is 23.7 Å². The Morgan fingerprint density at radius 1 is 0.714 bits per heavy atom. The Morgan fingerprint density at radius 3 is 1.51 bits per heavy atom. The molecule has 0 aliphatic carbocycles. The van der Waals surface area contributed by atoms with Gasteiger partial charge in [0.05, 0.1) is 4.75 Å². The summed E-state index contributed by atoms with van der Waals surface area (Å²) in [4.78, 5) is 24.6. The molecule has 4 aromatic rings. The van der Waals surface area contributed by atoms with Gasteiger partial charge in [-0.1, -0.05) is 109 Å². The van der Waals surface area contributed by atoms with Crippen molar-refractivity contribution in [2.75, 3.05) is 11.1 Å². The van der Waals surface area contributed by atoms with Crippen molar-refractivity contribution in [2.24, 2.45) is 0 Å². The standard InChI is InChI=1S/C30H27NO3S/c1-23(32)34-29(33)28(31-27-20-12-5-13-21-27)22-35-30(24-14-6-2-7-15-24,25-16-8-3-9-17-25)26-18-10-4-11-19-26/h2-21,28,31H,22H2,1H3/t28-/m0/s1. The normalized spacial score (nSPS) is 11.9. The van der Waals surface area contributed by atoms with Crippen molar-refractivity contribution in [3.05, 3.63) is 138 Å². The molecule has 1 N–H and O–H groups in total. The van der Waals surface area contributed by atoms with Crippen LogP contribution in [-0.2, 0) is 19.1 Å². The summed E-state index contributed by atoms with van der Waals surface area (Å²) in [5, 5.41) is 3.26. The van der Waals surface area contributed by atoms with E-state index in [1.54, 1.807) is 11.8 Å². The fourth-order valence-electron chi connectivity index (χ4n) is 4.09. The molecule has 0 aliphatic rings. The molecule has 0 aliphatic heterocycles. The Labute approximate surface area is 210 Å². The number of hydrogen-bond acceptors (Lipinski definition) is 5. The number of anilines is 1. The van der Waals surface area contributed by atoms with Crippen molar-refractivity contribution in [2.45, 2.75) is 17.7 Å². The van der Waals surface area contributed by atoms with Crippen LogP contribution < -0.4 is 5.32 Å². The predicted molar refractivity (Wildman–Crippen MR) is 142 cm³/mol. The van der Waals surface area contributed by atoms with Gasteiger partial charge in [0, 0.05) is 18.4 Å². The fourth-order valence-corrected chi connectivity index (χ4v) is 5.64. The highest BCUT2D eigenvalue weighted by Gasteiger charge is 2.38. The molecule has 0 heterocycles. The number of hydrogen-bond donors (Lipinski definition) is 1. The number of rotatable bonds is 9. The lowest BCUT2D eigenvalue weighted by molar-refractivity contribution is -0.158. The summed E-state index contributed by atoms with van der Waals surface area (Å²) in [6.07, 6.45) is 0. The van der Waals surface area contributed by atoms with Gasteiger partial charge in [-0.05, 0) is 28.8 Å². The van der Waals surface area contributed by atoms with E-state index < -0.39 is 22.7 Å². The van der Waals surface area contributed by atoms with Crippen LogP contribution in [0.4, 0.5) is 5.69 Å². The van der Waals surface area contributed by atoms with Gasteiger partial charge in [-0.3, -0.25) is 4.79 Å². The zero-order valence-electron chi connectivity index (χ0n) is 19.5. The van der Waals surface area contributed by atoms with Crippen LogP contribution in [0, 0.1) is 0 Å². The molecule has 4 aromatic carbocycles. The minimum Gasteiger partial charge on any atom is -0.392 e. The molecule has 0 radical (unpaired) electrons. The summed E-state index contributed by atoms with van der Waals surface area (Å²) < 4.78 is 4.43. The first-order valence-electron chi connectivity index (χ1n) is 11.4. The van der Waals surface area contributed by atoms with Gasteiger partial charge in [-0.15, -0.1) is 11.8 Å². The van der Waals surface area contributed by atoms with Gasteiger partial charge in [0.15, 0.2) is 0 Å². The number of esters is 2. The summed E-state index contributed by atoms with van der Waals surface area (Å²) in [5.41, 5.74) is 4.07. The van der Waals surface area contributed by atoms with Crippen molar-refractivity contribution in [1.29, 1.82) is 0 Å². The first-order valence-corrected chi connectivity index (χ1v) is 12.4. The molecule has 0 saturated heterocycles. The minimum absolute atomic E-state index is 0.361. The maximum atomic E-state index is 13.0. The molecule has 0 aromatic heterocycles. The molecule has 1 atom stereocenters. The topological polar surface area (TPSA) is 55.4 Å². The summed E-state index contributed by atoms with van der Waals surface area (Å²) in [5.74, 6) is -0.864. The molecule has 0 amide bonds. The smallest absolute Gasteiger partial charge is 0.337 e. The van der Waals surface area contributed by atoms with Crippen molar-refractivity contribution in [3.8, 4) is 0 Å². The highest BCUT2D eigenvalue weighted by molar-refractivity contribution is 8.00. The zero-order valence-corrected chi connectivity index (χ0v) is 20.3. The van der Waals surface area contributed by atoms with Crippen LogP contribution in [0.1, 0.15) is 23.6 Å². The maximum Gasteiger partial charge on any atom is 0.337 e. The van der Waals surface area contributed by atoms with Gasteiger partial charge >= 0.3 is 11.9 Å². The van der Waals surface area contributed by atoms with Gasteiger partial charge in [0.1, 0.15) is 6.04 Å². The molecule has 4 nitrogen and oxygen atoms in total. The van der Waals surface area contributed by atoms with E-state index in [1.807, 2.05) is 84.9 Å². The second-order valence-corrected chi connectivity index (χ2v) is 9.30. The summed E-state index contributed by atoms with van der Waals surface area (Å²) >= 11 is 1.64. The van der Waals surface area contributed by atoms with Crippen LogP contribution in [0.25, 0.3) is 0 Å². The first kappa shape index (κ1) is 24.3. The van der Waals surface area contributed by atoms with Crippen LogP contribution in [0.3, 0.4) is 0 Å². The largest absolute Gasteiger partial charge is 0.392 e. The average molecular weight is 482 g/mol. The van der Waals surface area contributed by atoms with E-state index in [1.165, 1.54) is 6.92 Å². The zero-order chi connectivity index (χ0) is 24.5. The van der Waals surface area contributed by atoms with Crippen LogP contribution >= 0.6 is 11.8 Å². The average Bonchev–Trinajstić information content (AvgIpc) is 2.90. The van der Waals surface area contributed by atoms with E-state index >= 15 is 0 Å². The Morgan fingerprint density at radius 2 is 1.11 bits per heavy atom. The number of nitrogens with one attached hydrogen (secondary N) is 1. The van der Waals surface area contributed by atoms with Crippen molar-refractivity contribution < 1.29 is 14.3 Å². The second-order valence-electron chi connectivity index (χ2n) is 8.07. The lowest BCUT2D eigenvalue weighted by atomic mass is 9.84. The highest BCUT2D eigenvalue weighted by atomic mass is 32.2. The number of carbonyl (C=O) groups is 2. The Hall–Kier alpha value is -3.83. The van der Waals surface area contributed by atoms with E-state index in [9.17, 15) is 9.59 Å². The molecule has 0 bridgehead atoms. The number of carbonyl (C=O) groups excluding carboxylic acids is 2. The third-order valence-corrected chi connectivity index (χ3v) is 7.29. The summed E-state index contributed by atoms with van der Waals surface area (Å²) in [6.45, 7) is 1.24. The van der Waals surface area contributed by atoms with E-state index in [0.717, 1.165) is 22.4 Å². The summed E-state index contributed by atoms with van der Waals surface area (Å²) in [6, 6.07) is 39.6. The highest BCUT2D eigenvalue weighted by Crippen LogP contribution is 2.48. The van der Waals surface area contributed by atoms with Gasteiger partial charge in [-0.2, -0.15) is 0 Å². The van der Waals surface area contributed by atoms with Crippen molar-refractivity contribution in [3.63, 3.8) is 0 Å². The second kappa shape index (κ2) is 11.5. The van der Waals surface area contributed by atoms with Gasteiger partial charge in [-0.25, -0.2) is 4.79 Å². The van der Waals surface area contributed by atoms with Crippen LogP contribution in [0.2, 0.25) is 0 Å². The molecule has 176 valence electrons. The molecule has 0 spiro atoms. The Balaban J connectivity index is 1.78. The number of ether oxygens (including phenoxy) is 1. The molecule has 0 saturated carbocycles. The number of thioether (sulfide) groups is 1. The third-order valence-electron chi connectivity index (χ3n) is 5.65. The molecule has 0 fully saturated rings. The maximum absolute atomic E-state index is 13.0. The van der Waals surface area contributed by atoms with E-state index in [-0.39, 0.29) is 0 Å². The minimum atomic E-state index is -0.734. The molecule has 4 rings (SSSR count). The number of para-hydroxylation sites is 1. The fraction of sp³-hybridized carbons (Fsp3) is 0.133. The van der Waals surface area contributed by atoms with E-state index in [2.05, 4.69) is 41.7 Å². The molecule has 0 unspecified atom stereocenters. The number of benzene rings is 4. The van der Waals surface area contributed by atoms with Crippen molar-refractivity contribution >= 4 is 29.4 Å². The molecule has 5 heteroatoms. The molecular weight excluding hydrogens is 454 g/mol. The lowest BCUT2D eigenvalue weighted by Crippen LogP contribution is -2.37. The molecule has 35 heavy (non-hydrogen) atoms. The predicted octanol–water partition coefficient (Wildman–Crippen LogP) is 6.28. The third kappa shape index (κ3) is 5.81. The Bertz CT molecular complexity index is 1140. The SMILES string of the molecule is CC(=O)OC(=O)[C@H](CSC(c1ccccc1)(c1ccccc1)c1ccccc1)Nc1ccccc1. The van der Waals surface area contributed by atoms with Crippen molar-refractivity contribution in [1.82, 2.24) is 0 Å². The van der Waals surface area contributed by atoms with E-state index in [4.69, 9.17) is 4.74 Å². The van der Waals surface area contributed by atoms with Crippen LogP contribution in [0.5, 0.6) is 0 Å². The molecular formula is C30H27NO3S. The van der Waals surface area contributed by atoms with Gasteiger partial charge in [0.25, 0.3) is 0 Å². The Kier molecular flexibility index (Phi) is 8.01. The quantitative estimate of drug-likeness (QED) is 0.173. The summed E-state index contributed by atoms with van der Waals surface area (Å²) in [7, 11) is 0.